The van der Waals surface area contributed by atoms with Crippen molar-refractivity contribution in [1.82, 2.24) is 4.98 Å². The third-order valence-corrected chi connectivity index (χ3v) is 4.32. The first-order valence-electron chi connectivity index (χ1n) is 5.38. The molecule has 0 N–H and O–H groups in total. The highest BCUT2D eigenvalue weighted by atomic mass is 35.7. The largest absolute Gasteiger partial charge is 0.263 e. The lowest BCUT2D eigenvalue weighted by molar-refractivity contribution is 0.608. The summed E-state index contributed by atoms with van der Waals surface area (Å²) >= 11 is 0. The van der Waals surface area contributed by atoms with Crippen molar-refractivity contribution in [1.29, 1.82) is 0 Å². The molecule has 88 valence electrons. The van der Waals surface area contributed by atoms with Crippen LogP contribution in [0.4, 0.5) is 0 Å². The molecular weight excluding hydrogens is 246 g/mol. The summed E-state index contributed by atoms with van der Waals surface area (Å²) < 4.78 is 22.3. The summed E-state index contributed by atoms with van der Waals surface area (Å²) in [6, 6.07) is 3.30. The Hall–Kier alpha value is -0.610. The Morgan fingerprint density at radius 1 is 1.44 bits per heavy atom. The van der Waals surface area contributed by atoms with Gasteiger partial charge in [0.05, 0.1) is 5.69 Å². The maximum Gasteiger partial charge on any atom is 0.263 e. The van der Waals surface area contributed by atoms with E-state index < -0.39 is 9.05 Å². The number of halogens is 1. The minimum Gasteiger partial charge on any atom is -0.257 e. The second kappa shape index (κ2) is 4.34. The molecule has 0 aromatic carbocycles. The van der Waals surface area contributed by atoms with Crippen LogP contribution in [0.5, 0.6) is 0 Å². The standard InChI is InChI=1S/C11H14ClNO2S/c1-8-11(16(12,14)15)7-6-10(13-8)5-4-9-2-3-9/h6-7,9H,2-5H2,1H3. The van der Waals surface area contributed by atoms with Crippen LogP contribution in [0.25, 0.3) is 0 Å². The molecule has 0 saturated heterocycles. The molecule has 0 spiro atoms. The summed E-state index contributed by atoms with van der Waals surface area (Å²) in [6.07, 6.45) is 4.73. The first kappa shape index (κ1) is 11.9. The van der Waals surface area contributed by atoms with E-state index in [9.17, 15) is 8.42 Å². The van der Waals surface area contributed by atoms with Crippen LogP contribution >= 0.6 is 10.7 Å². The van der Waals surface area contributed by atoms with Crippen molar-refractivity contribution in [3.05, 3.63) is 23.5 Å². The van der Waals surface area contributed by atoms with Crippen molar-refractivity contribution in [3.63, 3.8) is 0 Å². The predicted octanol–water partition coefficient (Wildman–Crippen LogP) is 2.66. The van der Waals surface area contributed by atoms with Gasteiger partial charge in [-0.25, -0.2) is 8.42 Å². The fourth-order valence-electron chi connectivity index (χ4n) is 1.76. The summed E-state index contributed by atoms with van der Waals surface area (Å²) in [5.74, 6) is 0.860. The van der Waals surface area contributed by atoms with Gasteiger partial charge in [-0.05, 0) is 37.8 Å². The van der Waals surface area contributed by atoms with Crippen LogP contribution in [-0.2, 0) is 15.5 Å². The number of hydrogen-bond acceptors (Lipinski definition) is 3. The van der Waals surface area contributed by atoms with Crippen LogP contribution in [0.2, 0.25) is 0 Å². The van der Waals surface area contributed by atoms with Gasteiger partial charge in [0, 0.05) is 16.4 Å². The summed E-state index contributed by atoms with van der Waals surface area (Å²) in [7, 11) is 1.63. The highest BCUT2D eigenvalue weighted by molar-refractivity contribution is 8.13. The second-order valence-electron chi connectivity index (χ2n) is 4.31. The molecule has 1 heterocycles. The van der Waals surface area contributed by atoms with E-state index in [4.69, 9.17) is 10.7 Å². The maximum atomic E-state index is 11.2. The zero-order chi connectivity index (χ0) is 11.8. The monoisotopic (exact) mass is 259 g/mol. The van der Waals surface area contributed by atoms with Crippen LogP contribution in [-0.4, -0.2) is 13.4 Å². The average Bonchev–Trinajstić information content (AvgIpc) is 2.96. The number of nitrogens with zero attached hydrogens (tertiary/aromatic N) is 1. The van der Waals surface area contributed by atoms with E-state index in [2.05, 4.69) is 4.98 Å². The first-order valence-corrected chi connectivity index (χ1v) is 7.69. The number of hydrogen-bond donors (Lipinski definition) is 0. The molecule has 2 rings (SSSR count). The van der Waals surface area contributed by atoms with Crippen LogP contribution in [0.1, 0.15) is 30.7 Å². The molecule has 1 aliphatic carbocycles. The molecule has 1 aliphatic rings. The minimum atomic E-state index is -3.66. The molecule has 3 nitrogen and oxygen atoms in total. The van der Waals surface area contributed by atoms with Gasteiger partial charge in [-0.15, -0.1) is 0 Å². The molecule has 5 heteroatoms. The van der Waals surface area contributed by atoms with Crippen molar-refractivity contribution < 1.29 is 8.42 Å². The van der Waals surface area contributed by atoms with Gasteiger partial charge in [0.25, 0.3) is 9.05 Å². The van der Waals surface area contributed by atoms with Gasteiger partial charge in [-0.1, -0.05) is 12.8 Å². The Labute approximate surface area is 100 Å². The zero-order valence-corrected chi connectivity index (χ0v) is 10.7. The van der Waals surface area contributed by atoms with E-state index in [-0.39, 0.29) is 4.90 Å². The molecule has 0 atom stereocenters. The first-order chi connectivity index (χ1) is 7.47. The van der Waals surface area contributed by atoms with Crippen molar-refractivity contribution >= 4 is 19.7 Å². The third-order valence-electron chi connectivity index (χ3n) is 2.86. The quantitative estimate of drug-likeness (QED) is 0.781. The van der Waals surface area contributed by atoms with Gasteiger partial charge in [0.2, 0.25) is 0 Å². The van der Waals surface area contributed by atoms with E-state index >= 15 is 0 Å². The second-order valence-corrected chi connectivity index (χ2v) is 6.84. The highest BCUT2D eigenvalue weighted by Crippen LogP contribution is 2.33. The smallest absolute Gasteiger partial charge is 0.257 e. The van der Waals surface area contributed by atoms with E-state index in [1.54, 1.807) is 19.1 Å². The maximum absolute atomic E-state index is 11.2. The topological polar surface area (TPSA) is 47.0 Å². The minimum absolute atomic E-state index is 0.115. The van der Waals surface area contributed by atoms with Crippen molar-refractivity contribution in [3.8, 4) is 0 Å². The third kappa shape index (κ3) is 2.95. The molecule has 1 aromatic rings. The molecule has 1 aromatic heterocycles. The molecule has 0 amide bonds. The molecule has 0 unspecified atom stereocenters. The lowest BCUT2D eigenvalue weighted by Gasteiger charge is -2.04. The fourth-order valence-corrected chi connectivity index (χ4v) is 2.87. The predicted molar refractivity (Wildman–Crippen MR) is 63.1 cm³/mol. The molecular formula is C11H14ClNO2S. The Kier molecular flexibility index (Phi) is 3.22. The van der Waals surface area contributed by atoms with E-state index in [0.717, 1.165) is 24.5 Å². The Bertz CT molecular complexity index is 495. The molecule has 1 saturated carbocycles. The zero-order valence-electron chi connectivity index (χ0n) is 9.11. The van der Waals surface area contributed by atoms with Gasteiger partial charge >= 0.3 is 0 Å². The fraction of sp³-hybridized carbons (Fsp3) is 0.545. The van der Waals surface area contributed by atoms with Crippen molar-refractivity contribution in [2.24, 2.45) is 5.92 Å². The Morgan fingerprint density at radius 3 is 2.62 bits per heavy atom. The molecule has 1 fully saturated rings. The van der Waals surface area contributed by atoms with E-state index in [0.29, 0.717) is 5.69 Å². The number of aromatic nitrogens is 1. The summed E-state index contributed by atoms with van der Waals surface area (Å²) in [5, 5.41) is 0. The van der Waals surface area contributed by atoms with Crippen molar-refractivity contribution in [2.75, 3.05) is 0 Å². The lowest BCUT2D eigenvalue weighted by atomic mass is 10.1. The van der Waals surface area contributed by atoms with Gasteiger partial charge < -0.3 is 0 Å². The summed E-state index contributed by atoms with van der Waals surface area (Å²) in [5.41, 5.74) is 1.44. The summed E-state index contributed by atoms with van der Waals surface area (Å²) in [4.78, 5) is 4.39. The van der Waals surface area contributed by atoms with E-state index in [1.807, 2.05) is 0 Å². The Balaban J connectivity index is 2.15. The number of pyridine rings is 1. The number of rotatable bonds is 4. The number of aryl methyl sites for hydroxylation is 2. The van der Waals surface area contributed by atoms with E-state index in [1.165, 1.54) is 12.8 Å². The molecule has 0 radical (unpaired) electrons. The van der Waals surface area contributed by atoms with Crippen LogP contribution in [0.15, 0.2) is 17.0 Å². The van der Waals surface area contributed by atoms with Gasteiger partial charge in [-0.2, -0.15) is 0 Å². The SMILES string of the molecule is Cc1nc(CCC2CC2)ccc1S(=O)(=O)Cl. The summed E-state index contributed by atoms with van der Waals surface area (Å²) in [6.45, 7) is 1.68. The Morgan fingerprint density at radius 2 is 2.12 bits per heavy atom. The van der Waals surface area contributed by atoms with Crippen molar-refractivity contribution in [2.45, 2.75) is 37.5 Å². The van der Waals surface area contributed by atoms with Crippen LogP contribution in [0, 0.1) is 12.8 Å². The van der Waals surface area contributed by atoms with Crippen LogP contribution in [0.3, 0.4) is 0 Å². The van der Waals surface area contributed by atoms with Gasteiger partial charge in [0.1, 0.15) is 4.90 Å². The van der Waals surface area contributed by atoms with Gasteiger partial charge in [-0.3, -0.25) is 4.98 Å². The molecule has 0 bridgehead atoms. The normalized spacial score (nSPS) is 16.4. The lowest BCUT2D eigenvalue weighted by Crippen LogP contribution is -2.00. The molecule has 0 aliphatic heterocycles. The van der Waals surface area contributed by atoms with Gasteiger partial charge in [0.15, 0.2) is 0 Å². The average molecular weight is 260 g/mol. The molecule has 16 heavy (non-hydrogen) atoms. The highest BCUT2D eigenvalue weighted by Gasteiger charge is 2.21. The van der Waals surface area contributed by atoms with Crippen LogP contribution < -0.4 is 0 Å².